The molecule has 0 aliphatic heterocycles. The summed E-state index contributed by atoms with van der Waals surface area (Å²) in [5, 5.41) is 15.9. The first-order chi connectivity index (χ1) is 12.2. The van der Waals surface area contributed by atoms with Crippen LogP contribution in [-0.2, 0) is 0 Å². The van der Waals surface area contributed by atoms with E-state index in [2.05, 4.69) is 20.6 Å². The van der Waals surface area contributed by atoms with Crippen LogP contribution in [0.15, 0.2) is 54.9 Å². The summed E-state index contributed by atoms with van der Waals surface area (Å²) in [6.45, 7) is 0. The Labute approximate surface area is 146 Å². The fraction of sp³-hybridized carbons (Fsp3) is 0.0588. The lowest BCUT2D eigenvalue weighted by molar-refractivity contribution is 0.102. The van der Waals surface area contributed by atoms with Crippen molar-refractivity contribution in [2.75, 3.05) is 12.4 Å². The third-order valence-electron chi connectivity index (χ3n) is 3.61. The molecule has 0 aliphatic rings. The van der Waals surface area contributed by atoms with E-state index in [4.69, 9.17) is 4.74 Å². The van der Waals surface area contributed by atoms with Crippen molar-refractivity contribution in [3.8, 4) is 16.3 Å². The van der Waals surface area contributed by atoms with Gasteiger partial charge >= 0.3 is 0 Å². The van der Waals surface area contributed by atoms with Crippen LogP contribution in [0, 0.1) is 0 Å². The van der Waals surface area contributed by atoms with E-state index in [-0.39, 0.29) is 5.91 Å². The number of rotatable bonds is 4. The number of aromatic nitrogens is 4. The minimum atomic E-state index is -0.229. The third kappa shape index (κ3) is 2.94. The Balaban J connectivity index is 1.61. The molecule has 0 atom stereocenters. The number of para-hydroxylation sites is 1. The lowest BCUT2D eigenvalue weighted by atomic mass is 10.1. The summed E-state index contributed by atoms with van der Waals surface area (Å²) in [4.78, 5) is 13.2. The molecule has 4 aromatic rings. The second-order valence-electron chi connectivity index (χ2n) is 5.20. The van der Waals surface area contributed by atoms with E-state index in [1.54, 1.807) is 36.2 Å². The Hall–Kier alpha value is -3.26. The lowest BCUT2D eigenvalue weighted by Crippen LogP contribution is -2.13. The van der Waals surface area contributed by atoms with Crippen LogP contribution in [0.25, 0.3) is 15.5 Å². The molecule has 2 heterocycles. The van der Waals surface area contributed by atoms with Gasteiger partial charge in [0.15, 0.2) is 0 Å². The number of ether oxygens (including phenoxy) is 1. The van der Waals surface area contributed by atoms with E-state index in [9.17, 15) is 4.79 Å². The fourth-order valence-electron chi connectivity index (χ4n) is 2.44. The number of amides is 1. The van der Waals surface area contributed by atoms with Crippen LogP contribution in [0.5, 0.6) is 5.75 Å². The molecule has 8 heteroatoms. The Morgan fingerprint density at radius 2 is 2.08 bits per heavy atom. The molecule has 124 valence electrons. The molecule has 2 aromatic carbocycles. The SMILES string of the molecule is COc1ccccc1C(=O)Nc1cccc(-c2nn3cnnc3s2)c1. The number of hydrogen-bond donors (Lipinski definition) is 1. The van der Waals surface area contributed by atoms with E-state index >= 15 is 0 Å². The van der Waals surface area contributed by atoms with Crippen LogP contribution in [0.1, 0.15) is 10.4 Å². The van der Waals surface area contributed by atoms with Crippen molar-refractivity contribution in [2.45, 2.75) is 0 Å². The molecule has 0 bridgehead atoms. The largest absolute Gasteiger partial charge is 0.496 e. The second kappa shape index (κ2) is 6.33. The molecule has 25 heavy (non-hydrogen) atoms. The number of carbonyl (C=O) groups excluding carboxylic acids is 1. The third-order valence-corrected chi connectivity index (χ3v) is 4.57. The zero-order valence-corrected chi connectivity index (χ0v) is 14.0. The van der Waals surface area contributed by atoms with Crippen molar-refractivity contribution in [3.63, 3.8) is 0 Å². The highest BCUT2D eigenvalue weighted by Crippen LogP contribution is 2.27. The number of nitrogens with zero attached hydrogens (tertiary/aromatic N) is 4. The molecule has 0 saturated carbocycles. The molecule has 0 spiro atoms. The maximum Gasteiger partial charge on any atom is 0.259 e. The van der Waals surface area contributed by atoms with Gasteiger partial charge in [-0.3, -0.25) is 4.79 Å². The smallest absolute Gasteiger partial charge is 0.259 e. The van der Waals surface area contributed by atoms with Crippen molar-refractivity contribution in [3.05, 3.63) is 60.4 Å². The van der Waals surface area contributed by atoms with Gasteiger partial charge in [0.1, 0.15) is 17.1 Å². The van der Waals surface area contributed by atoms with Gasteiger partial charge in [-0.2, -0.15) is 9.61 Å². The first-order valence-electron chi connectivity index (χ1n) is 7.46. The zero-order chi connectivity index (χ0) is 17.2. The fourth-order valence-corrected chi connectivity index (χ4v) is 3.25. The normalized spacial score (nSPS) is 10.8. The highest BCUT2D eigenvalue weighted by atomic mass is 32.1. The Bertz CT molecular complexity index is 1030. The number of benzene rings is 2. The summed E-state index contributed by atoms with van der Waals surface area (Å²) in [5.74, 6) is 0.303. The molecule has 1 N–H and O–H groups in total. The van der Waals surface area contributed by atoms with Crippen molar-refractivity contribution in [2.24, 2.45) is 0 Å². The Morgan fingerprint density at radius 3 is 2.92 bits per heavy atom. The van der Waals surface area contributed by atoms with Gasteiger partial charge in [0, 0.05) is 11.3 Å². The minimum absolute atomic E-state index is 0.229. The predicted molar refractivity (Wildman–Crippen MR) is 95.0 cm³/mol. The van der Waals surface area contributed by atoms with Gasteiger partial charge in [0.05, 0.1) is 12.7 Å². The number of fused-ring (bicyclic) bond motifs is 1. The number of anilines is 1. The van der Waals surface area contributed by atoms with Gasteiger partial charge in [-0.1, -0.05) is 35.6 Å². The molecule has 0 saturated heterocycles. The monoisotopic (exact) mass is 351 g/mol. The van der Waals surface area contributed by atoms with Gasteiger partial charge in [0.25, 0.3) is 5.91 Å². The summed E-state index contributed by atoms with van der Waals surface area (Å²) in [6, 6.07) is 14.6. The molecule has 0 fully saturated rings. The summed E-state index contributed by atoms with van der Waals surface area (Å²) >= 11 is 1.43. The topological polar surface area (TPSA) is 81.4 Å². The van der Waals surface area contributed by atoms with Crippen molar-refractivity contribution in [1.82, 2.24) is 19.8 Å². The minimum Gasteiger partial charge on any atom is -0.496 e. The highest BCUT2D eigenvalue weighted by Gasteiger charge is 2.13. The van der Waals surface area contributed by atoms with E-state index < -0.39 is 0 Å². The van der Waals surface area contributed by atoms with Gasteiger partial charge in [0.2, 0.25) is 4.96 Å². The van der Waals surface area contributed by atoms with Gasteiger partial charge in [-0.15, -0.1) is 10.2 Å². The Morgan fingerprint density at radius 1 is 1.20 bits per heavy atom. The average molecular weight is 351 g/mol. The molecule has 4 rings (SSSR count). The van der Waals surface area contributed by atoms with Crippen LogP contribution in [0.3, 0.4) is 0 Å². The quantitative estimate of drug-likeness (QED) is 0.611. The summed E-state index contributed by atoms with van der Waals surface area (Å²) < 4.78 is 6.86. The number of hydrogen-bond acceptors (Lipinski definition) is 6. The van der Waals surface area contributed by atoms with Crippen LogP contribution in [-0.4, -0.2) is 32.8 Å². The second-order valence-corrected chi connectivity index (χ2v) is 6.16. The van der Waals surface area contributed by atoms with Gasteiger partial charge in [-0.25, -0.2) is 0 Å². The average Bonchev–Trinajstić information content (AvgIpc) is 3.24. The molecule has 0 aliphatic carbocycles. The van der Waals surface area contributed by atoms with Crippen molar-refractivity contribution >= 4 is 27.9 Å². The summed E-state index contributed by atoms with van der Waals surface area (Å²) in [7, 11) is 1.54. The first kappa shape index (κ1) is 15.3. The standard InChI is InChI=1S/C17H13N5O2S/c1-24-14-8-3-2-7-13(14)15(23)19-12-6-4-5-11(9-12)16-21-22-10-18-20-17(22)25-16/h2-10H,1H3,(H,19,23). The highest BCUT2D eigenvalue weighted by molar-refractivity contribution is 7.19. The Kier molecular flexibility index (Phi) is 3.87. The van der Waals surface area contributed by atoms with Crippen molar-refractivity contribution < 1.29 is 9.53 Å². The lowest BCUT2D eigenvalue weighted by Gasteiger charge is -2.09. The van der Waals surface area contributed by atoms with Crippen LogP contribution in [0.2, 0.25) is 0 Å². The van der Waals surface area contributed by atoms with Crippen molar-refractivity contribution in [1.29, 1.82) is 0 Å². The molecular weight excluding hydrogens is 338 g/mol. The zero-order valence-electron chi connectivity index (χ0n) is 13.2. The maximum absolute atomic E-state index is 12.5. The van der Waals surface area contributed by atoms with E-state index in [0.717, 1.165) is 15.5 Å². The first-order valence-corrected chi connectivity index (χ1v) is 8.28. The van der Waals surface area contributed by atoms with Crippen LogP contribution >= 0.6 is 11.3 Å². The molecule has 0 radical (unpaired) electrons. The molecular formula is C17H13N5O2S. The van der Waals surface area contributed by atoms with E-state index in [1.807, 2.05) is 30.3 Å². The molecule has 1 amide bonds. The number of nitrogens with one attached hydrogen (secondary N) is 1. The maximum atomic E-state index is 12.5. The van der Waals surface area contributed by atoms with Gasteiger partial charge < -0.3 is 10.1 Å². The molecule has 2 aromatic heterocycles. The summed E-state index contributed by atoms with van der Waals surface area (Å²) in [6.07, 6.45) is 1.56. The molecule has 0 unspecified atom stereocenters. The van der Waals surface area contributed by atoms with Crippen LogP contribution in [0.4, 0.5) is 5.69 Å². The predicted octanol–water partition coefficient (Wildman–Crippen LogP) is 3.11. The summed E-state index contributed by atoms with van der Waals surface area (Å²) in [5.41, 5.74) is 2.06. The van der Waals surface area contributed by atoms with Crippen LogP contribution < -0.4 is 10.1 Å². The van der Waals surface area contributed by atoms with E-state index in [1.165, 1.54) is 11.3 Å². The number of carbonyl (C=O) groups is 1. The van der Waals surface area contributed by atoms with E-state index in [0.29, 0.717) is 17.0 Å². The number of methoxy groups -OCH3 is 1. The molecule has 7 nitrogen and oxygen atoms in total. The van der Waals surface area contributed by atoms with Gasteiger partial charge in [-0.05, 0) is 24.3 Å².